The highest BCUT2D eigenvalue weighted by molar-refractivity contribution is 6.28. The van der Waals surface area contributed by atoms with Crippen molar-refractivity contribution >= 4 is 23.3 Å². The molecular formula is C12H10ClN5O4. The molecule has 3 N–H and O–H groups in total. The van der Waals surface area contributed by atoms with Crippen LogP contribution in [0.1, 0.15) is 5.56 Å². The van der Waals surface area contributed by atoms with Crippen LogP contribution in [0.25, 0.3) is 0 Å². The summed E-state index contributed by atoms with van der Waals surface area (Å²) >= 11 is 5.63. The van der Waals surface area contributed by atoms with Crippen molar-refractivity contribution in [3.8, 4) is 11.6 Å². The average molecular weight is 324 g/mol. The fourth-order valence-corrected chi connectivity index (χ4v) is 1.70. The first kappa shape index (κ1) is 15.4. The Morgan fingerprint density at radius 1 is 1.45 bits per heavy atom. The van der Waals surface area contributed by atoms with Gasteiger partial charge in [-0.05, 0) is 17.7 Å². The summed E-state index contributed by atoms with van der Waals surface area (Å²) in [5.74, 6) is -0.0226. The van der Waals surface area contributed by atoms with Crippen molar-refractivity contribution < 1.29 is 14.5 Å². The third-order valence-electron chi connectivity index (χ3n) is 2.54. The number of hydrogen-bond acceptors (Lipinski definition) is 6. The van der Waals surface area contributed by atoms with Gasteiger partial charge >= 0.3 is 17.6 Å². The zero-order valence-corrected chi connectivity index (χ0v) is 11.8. The van der Waals surface area contributed by atoms with E-state index in [0.29, 0.717) is 5.56 Å². The molecule has 0 aliphatic heterocycles. The number of halogens is 1. The largest absolute Gasteiger partial charge is 0.433 e. The number of benzene rings is 1. The molecule has 2 aromatic rings. The molecule has 0 saturated heterocycles. The number of amides is 2. The van der Waals surface area contributed by atoms with Crippen LogP contribution in [0.3, 0.4) is 0 Å². The quantitative estimate of drug-likeness (QED) is 0.491. The second-order valence-electron chi connectivity index (χ2n) is 4.01. The summed E-state index contributed by atoms with van der Waals surface area (Å²) in [6, 6.07) is 5.91. The summed E-state index contributed by atoms with van der Waals surface area (Å²) in [6.45, 7) is 0.0954. The highest BCUT2D eigenvalue weighted by atomic mass is 35.5. The van der Waals surface area contributed by atoms with Gasteiger partial charge < -0.3 is 15.8 Å². The van der Waals surface area contributed by atoms with Crippen molar-refractivity contribution in [1.82, 2.24) is 15.3 Å². The van der Waals surface area contributed by atoms with Gasteiger partial charge in [-0.2, -0.15) is 4.98 Å². The van der Waals surface area contributed by atoms with Crippen molar-refractivity contribution in [1.29, 1.82) is 0 Å². The normalized spacial score (nSPS) is 10.0. The van der Waals surface area contributed by atoms with Crippen LogP contribution < -0.4 is 15.8 Å². The number of primary amides is 1. The molecule has 0 spiro atoms. The molecular weight excluding hydrogens is 314 g/mol. The molecule has 9 nitrogen and oxygen atoms in total. The fourth-order valence-electron chi connectivity index (χ4n) is 1.58. The number of nitrogens with two attached hydrogens (primary N) is 1. The molecule has 2 rings (SSSR count). The van der Waals surface area contributed by atoms with Gasteiger partial charge in [-0.25, -0.2) is 9.78 Å². The highest BCUT2D eigenvalue weighted by Gasteiger charge is 2.20. The lowest BCUT2D eigenvalue weighted by molar-refractivity contribution is -0.386. The molecule has 0 aliphatic carbocycles. The minimum atomic E-state index is -0.703. The van der Waals surface area contributed by atoms with Crippen LogP contribution in [0, 0.1) is 10.1 Å². The Labute approximate surface area is 129 Å². The number of nitrogens with zero attached hydrogens (tertiary/aromatic N) is 3. The van der Waals surface area contributed by atoms with E-state index < -0.39 is 16.6 Å². The van der Waals surface area contributed by atoms with E-state index in [1.54, 1.807) is 24.3 Å². The number of para-hydroxylation sites is 1. The molecule has 2 amide bonds. The minimum absolute atomic E-state index is 0.0954. The molecule has 114 valence electrons. The van der Waals surface area contributed by atoms with E-state index in [-0.39, 0.29) is 23.5 Å². The predicted octanol–water partition coefficient (Wildman–Crippen LogP) is 2.00. The zero-order valence-electron chi connectivity index (χ0n) is 11.0. The van der Waals surface area contributed by atoms with Crippen LogP contribution in [-0.2, 0) is 6.54 Å². The second kappa shape index (κ2) is 6.68. The average Bonchev–Trinajstić information content (AvgIpc) is 2.46. The highest BCUT2D eigenvalue weighted by Crippen LogP contribution is 2.31. The van der Waals surface area contributed by atoms with Crippen molar-refractivity contribution in [3.63, 3.8) is 0 Å². The topological polar surface area (TPSA) is 133 Å². The Hall–Kier alpha value is -2.94. The molecule has 10 heteroatoms. The van der Waals surface area contributed by atoms with Gasteiger partial charge in [-0.1, -0.05) is 18.2 Å². The fraction of sp³-hybridized carbons (Fsp3) is 0.0833. The monoisotopic (exact) mass is 323 g/mol. The summed E-state index contributed by atoms with van der Waals surface area (Å²) in [6.07, 6.45) is 0.953. The Kier molecular flexibility index (Phi) is 4.69. The number of nitro groups is 1. The van der Waals surface area contributed by atoms with Gasteiger partial charge in [0.05, 0.1) is 4.92 Å². The first-order valence-corrected chi connectivity index (χ1v) is 6.31. The van der Waals surface area contributed by atoms with Crippen molar-refractivity contribution in [2.45, 2.75) is 6.54 Å². The maximum Gasteiger partial charge on any atom is 0.349 e. The van der Waals surface area contributed by atoms with E-state index in [4.69, 9.17) is 22.1 Å². The minimum Gasteiger partial charge on any atom is -0.433 e. The van der Waals surface area contributed by atoms with Crippen molar-refractivity contribution in [2.75, 3.05) is 0 Å². The molecule has 0 fully saturated rings. The van der Waals surface area contributed by atoms with E-state index in [2.05, 4.69) is 15.3 Å². The van der Waals surface area contributed by atoms with Crippen LogP contribution in [-0.4, -0.2) is 20.9 Å². The molecule has 1 heterocycles. The summed E-state index contributed by atoms with van der Waals surface area (Å²) in [4.78, 5) is 28.3. The van der Waals surface area contributed by atoms with Crippen LogP contribution in [0.4, 0.5) is 10.5 Å². The van der Waals surface area contributed by atoms with Crippen molar-refractivity contribution in [2.24, 2.45) is 5.73 Å². The molecule has 0 saturated carbocycles. The second-order valence-corrected chi connectivity index (χ2v) is 4.35. The first-order valence-electron chi connectivity index (χ1n) is 5.93. The Bertz CT molecular complexity index is 724. The van der Waals surface area contributed by atoms with Crippen LogP contribution in [0.2, 0.25) is 5.28 Å². The van der Waals surface area contributed by atoms with Gasteiger partial charge in [-0.3, -0.25) is 10.1 Å². The lowest BCUT2D eigenvalue weighted by Gasteiger charge is -2.10. The molecule has 0 unspecified atom stereocenters. The van der Waals surface area contributed by atoms with Crippen LogP contribution in [0.5, 0.6) is 11.6 Å². The van der Waals surface area contributed by atoms with Crippen molar-refractivity contribution in [3.05, 3.63) is 51.4 Å². The molecule has 1 aromatic carbocycles. The summed E-state index contributed by atoms with van der Waals surface area (Å²) < 4.78 is 5.45. The Morgan fingerprint density at radius 3 is 2.86 bits per heavy atom. The van der Waals surface area contributed by atoms with E-state index in [0.717, 1.165) is 6.20 Å². The third kappa shape index (κ3) is 3.79. The van der Waals surface area contributed by atoms with Crippen LogP contribution in [0.15, 0.2) is 30.5 Å². The Morgan fingerprint density at radius 2 is 2.18 bits per heavy atom. The predicted molar refractivity (Wildman–Crippen MR) is 76.6 cm³/mol. The summed E-state index contributed by atoms with van der Waals surface area (Å²) in [5, 5.41) is 13.2. The number of nitrogens with one attached hydrogen (secondary N) is 1. The number of carbonyl (C=O) groups is 1. The molecule has 22 heavy (non-hydrogen) atoms. The van der Waals surface area contributed by atoms with E-state index in [9.17, 15) is 14.9 Å². The number of ether oxygens (including phenoxy) is 1. The SMILES string of the molecule is NC(=O)NCc1ccccc1Oc1nc(Cl)ncc1[N+](=O)[O-]. The smallest absolute Gasteiger partial charge is 0.349 e. The van der Waals surface area contributed by atoms with Gasteiger partial charge in [0.1, 0.15) is 11.9 Å². The number of carbonyl (C=O) groups excluding carboxylic acids is 1. The van der Waals surface area contributed by atoms with E-state index in [1.807, 2.05) is 0 Å². The number of urea groups is 1. The van der Waals surface area contributed by atoms with Gasteiger partial charge in [0, 0.05) is 12.1 Å². The first-order chi connectivity index (χ1) is 10.5. The molecule has 1 aromatic heterocycles. The number of hydrogen-bond donors (Lipinski definition) is 2. The van der Waals surface area contributed by atoms with Gasteiger partial charge in [0.2, 0.25) is 5.28 Å². The maximum atomic E-state index is 11.0. The zero-order chi connectivity index (χ0) is 16.1. The molecule has 0 bridgehead atoms. The maximum absolute atomic E-state index is 11.0. The Balaban J connectivity index is 2.33. The molecule has 0 atom stereocenters. The standard InChI is InChI=1S/C12H10ClN5O4/c13-11-15-6-8(18(20)21)10(17-11)22-9-4-2-1-3-7(9)5-16-12(14)19/h1-4,6H,5H2,(H3,14,16,19). The molecule has 0 aliphatic rings. The lowest BCUT2D eigenvalue weighted by atomic mass is 10.2. The summed E-state index contributed by atoms with van der Waals surface area (Å²) in [5.41, 5.74) is 5.14. The van der Waals surface area contributed by atoms with Gasteiger partial charge in [0.15, 0.2) is 0 Å². The number of rotatable bonds is 5. The van der Waals surface area contributed by atoms with Gasteiger partial charge in [0.25, 0.3) is 0 Å². The molecule has 0 radical (unpaired) electrons. The van der Waals surface area contributed by atoms with Gasteiger partial charge in [-0.15, -0.1) is 0 Å². The summed E-state index contributed by atoms with van der Waals surface area (Å²) in [7, 11) is 0. The van der Waals surface area contributed by atoms with E-state index in [1.165, 1.54) is 0 Å². The third-order valence-corrected chi connectivity index (χ3v) is 2.72. The lowest BCUT2D eigenvalue weighted by Crippen LogP contribution is -2.28. The number of aromatic nitrogens is 2. The van der Waals surface area contributed by atoms with E-state index >= 15 is 0 Å². The van der Waals surface area contributed by atoms with Crippen LogP contribution >= 0.6 is 11.6 Å².